The number of primary amides is 1. The molecule has 2 N–H and O–H groups in total. The van der Waals surface area contributed by atoms with E-state index in [1.807, 2.05) is 30.3 Å². The van der Waals surface area contributed by atoms with E-state index in [0.29, 0.717) is 11.3 Å². The summed E-state index contributed by atoms with van der Waals surface area (Å²) in [5, 5.41) is 1.01. The van der Waals surface area contributed by atoms with Crippen molar-refractivity contribution in [2.24, 2.45) is 5.73 Å². The first-order valence-electron chi connectivity index (χ1n) is 7.72. The second-order valence-corrected chi connectivity index (χ2v) is 5.39. The predicted molar refractivity (Wildman–Crippen MR) is 95.2 cm³/mol. The summed E-state index contributed by atoms with van der Waals surface area (Å²) < 4.78 is 5.18. The number of carbonyl (C=O) groups is 2. The standard InChI is InChI=1S/C20H16N2O3/c21-20(24)19(15-7-2-1-3-8-15)25-18(23)13-12-16-11-10-14-6-4-5-9-17(14)22-16/h1-13,19H,(H2,21,24). The first-order valence-corrected chi connectivity index (χ1v) is 7.72. The Morgan fingerprint density at radius 2 is 1.68 bits per heavy atom. The van der Waals surface area contributed by atoms with Crippen molar-refractivity contribution in [3.63, 3.8) is 0 Å². The number of pyridine rings is 1. The molecule has 1 aromatic heterocycles. The van der Waals surface area contributed by atoms with E-state index >= 15 is 0 Å². The topological polar surface area (TPSA) is 82.3 Å². The van der Waals surface area contributed by atoms with Crippen LogP contribution in [-0.2, 0) is 14.3 Å². The maximum absolute atomic E-state index is 12.0. The molecule has 0 aliphatic heterocycles. The minimum atomic E-state index is -1.12. The Hall–Kier alpha value is -3.47. The average molecular weight is 332 g/mol. The molecule has 1 unspecified atom stereocenters. The summed E-state index contributed by atoms with van der Waals surface area (Å²) in [5.74, 6) is -1.39. The van der Waals surface area contributed by atoms with Crippen LogP contribution in [0.25, 0.3) is 17.0 Å². The minimum Gasteiger partial charge on any atom is -0.444 e. The molecule has 0 aliphatic carbocycles. The molecule has 1 amide bonds. The number of para-hydroxylation sites is 1. The highest BCUT2D eigenvalue weighted by Crippen LogP contribution is 2.17. The van der Waals surface area contributed by atoms with Gasteiger partial charge < -0.3 is 10.5 Å². The number of esters is 1. The van der Waals surface area contributed by atoms with Gasteiger partial charge in [-0.3, -0.25) is 4.79 Å². The van der Waals surface area contributed by atoms with E-state index in [1.165, 1.54) is 12.2 Å². The molecule has 1 atom stereocenters. The summed E-state index contributed by atoms with van der Waals surface area (Å²) >= 11 is 0. The largest absolute Gasteiger partial charge is 0.444 e. The molecule has 2 aromatic carbocycles. The van der Waals surface area contributed by atoms with E-state index in [1.54, 1.807) is 36.4 Å². The van der Waals surface area contributed by atoms with Crippen molar-refractivity contribution in [1.29, 1.82) is 0 Å². The fourth-order valence-electron chi connectivity index (χ4n) is 2.40. The van der Waals surface area contributed by atoms with Crippen molar-refractivity contribution < 1.29 is 14.3 Å². The van der Waals surface area contributed by atoms with Crippen molar-refractivity contribution >= 4 is 28.9 Å². The summed E-state index contributed by atoms with van der Waals surface area (Å²) in [6, 6.07) is 20.0. The van der Waals surface area contributed by atoms with Crippen LogP contribution in [0.1, 0.15) is 17.4 Å². The van der Waals surface area contributed by atoms with Crippen LogP contribution in [0, 0.1) is 0 Å². The number of nitrogens with zero attached hydrogens (tertiary/aromatic N) is 1. The molecule has 5 heteroatoms. The average Bonchev–Trinajstić information content (AvgIpc) is 2.64. The highest BCUT2D eigenvalue weighted by Gasteiger charge is 2.21. The van der Waals surface area contributed by atoms with Gasteiger partial charge in [-0.25, -0.2) is 9.78 Å². The van der Waals surface area contributed by atoms with E-state index in [2.05, 4.69) is 4.98 Å². The van der Waals surface area contributed by atoms with E-state index in [0.717, 1.165) is 10.9 Å². The summed E-state index contributed by atoms with van der Waals surface area (Å²) in [6.45, 7) is 0. The molecule has 0 spiro atoms. The number of aromatic nitrogens is 1. The highest BCUT2D eigenvalue weighted by atomic mass is 16.5. The number of hydrogen-bond donors (Lipinski definition) is 1. The van der Waals surface area contributed by atoms with Crippen LogP contribution >= 0.6 is 0 Å². The lowest BCUT2D eigenvalue weighted by Gasteiger charge is -2.13. The van der Waals surface area contributed by atoms with Crippen LogP contribution in [-0.4, -0.2) is 16.9 Å². The smallest absolute Gasteiger partial charge is 0.331 e. The zero-order chi connectivity index (χ0) is 17.6. The Balaban J connectivity index is 1.73. The molecule has 1 heterocycles. The summed E-state index contributed by atoms with van der Waals surface area (Å²) in [7, 11) is 0. The predicted octanol–water partition coefficient (Wildman–Crippen LogP) is 3.02. The molecule has 0 saturated carbocycles. The molecule has 0 aliphatic rings. The third-order valence-electron chi connectivity index (χ3n) is 3.60. The fraction of sp³-hybridized carbons (Fsp3) is 0.0500. The SMILES string of the molecule is NC(=O)C(OC(=O)C=Cc1ccc2ccccc2n1)c1ccccc1. The maximum atomic E-state index is 12.0. The van der Waals surface area contributed by atoms with E-state index in [4.69, 9.17) is 10.5 Å². The summed E-state index contributed by atoms with van der Waals surface area (Å²) in [6.07, 6.45) is 1.65. The third-order valence-corrected chi connectivity index (χ3v) is 3.60. The van der Waals surface area contributed by atoms with Crippen LogP contribution in [0.2, 0.25) is 0 Å². The first kappa shape index (κ1) is 16.4. The lowest BCUT2D eigenvalue weighted by Crippen LogP contribution is -2.25. The van der Waals surface area contributed by atoms with Gasteiger partial charge in [-0.1, -0.05) is 54.6 Å². The first-order chi connectivity index (χ1) is 12.1. The Kier molecular flexibility index (Phi) is 4.85. The quantitative estimate of drug-likeness (QED) is 0.575. The molecule has 5 nitrogen and oxygen atoms in total. The van der Waals surface area contributed by atoms with E-state index in [9.17, 15) is 9.59 Å². The number of ether oxygens (including phenoxy) is 1. The number of benzene rings is 2. The van der Waals surface area contributed by atoms with Crippen LogP contribution < -0.4 is 5.73 Å². The minimum absolute atomic E-state index is 0.528. The van der Waals surface area contributed by atoms with Gasteiger partial charge in [0, 0.05) is 17.0 Å². The Bertz CT molecular complexity index is 936. The lowest BCUT2D eigenvalue weighted by atomic mass is 10.1. The zero-order valence-corrected chi connectivity index (χ0v) is 13.3. The van der Waals surface area contributed by atoms with Crippen LogP contribution in [0.3, 0.4) is 0 Å². The third kappa shape index (κ3) is 4.09. The van der Waals surface area contributed by atoms with Gasteiger partial charge >= 0.3 is 5.97 Å². The molecular formula is C20H16N2O3. The molecule has 0 bridgehead atoms. The Morgan fingerprint density at radius 3 is 2.44 bits per heavy atom. The summed E-state index contributed by atoms with van der Waals surface area (Å²) in [5.41, 5.74) is 7.31. The highest BCUT2D eigenvalue weighted by molar-refractivity contribution is 5.90. The molecule has 25 heavy (non-hydrogen) atoms. The van der Waals surface area contributed by atoms with E-state index in [-0.39, 0.29) is 0 Å². The number of carbonyl (C=O) groups excluding carboxylic acids is 2. The molecule has 3 aromatic rings. The van der Waals surface area contributed by atoms with Gasteiger partial charge in [0.25, 0.3) is 5.91 Å². The number of nitrogens with two attached hydrogens (primary N) is 1. The van der Waals surface area contributed by atoms with Gasteiger partial charge in [0.2, 0.25) is 6.10 Å². The maximum Gasteiger partial charge on any atom is 0.331 e. The molecule has 0 saturated heterocycles. The monoisotopic (exact) mass is 332 g/mol. The number of hydrogen-bond acceptors (Lipinski definition) is 4. The van der Waals surface area contributed by atoms with Crippen molar-refractivity contribution in [1.82, 2.24) is 4.98 Å². The molecular weight excluding hydrogens is 316 g/mol. The zero-order valence-electron chi connectivity index (χ0n) is 13.3. The molecule has 0 radical (unpaired) electrons. The normalized spacial score (nSPS) is 12.2. The van der Waals surface area contributed by atoms with Crippen LogP contribution in [0.4, 0.5) is 0 Å². The second-order valence-electron chi connectivity index (χ2n) is 5.39. The molecule has 3 rings (SSSR count). The number of fused-ring (bicyclic) bond motifs is 1. The van der Waals surface area contributed by atoms with Gasteiger partial charge in [-0.05, 0) is 18.2 Å². The van der Waals surface area contributed by atoms with Crippen molar-refractivity contribution in [3.05, 3.63) is 84.1 Å². The molecule has 0 fully saturated rings. The van der Waals surface area contributed by atoms with Crippen LogP contribution in [0.5, 0.6) is 0 Å². The van der Waals surface area contributed by atoms with Gasteiger partial charge in [0.1, 0.15) is 0 Å². The van der Waals surface area contributed by atoms with Crippen LogP contribution in [0.15, 0.2) is 72.8 Å². The van der Waals surface area contributed by atoms with Gasteiger partial charge in [-0.2, -0.15) is 0 Å². The fourth-order valence-corrected chi connectivity index (χ4v) is 2.40. The van der Waals surface area contributed by atoms with Gasteiger partial charge in [-0.15, -0.1) is 0 Å². The van der Waals surface area contributed by atoms with Gasteiger partial charge in [0.05, 0.1) is 11.2 Å². The van der Waals surface area contributed by atoms with Crippen molar-refractivity contribution in [2.75, 3.05) is 0 Å². The number of rotatable bonds is 5. The number of amides is 1. The Morgan fingerprint density at radius 1 is 0.960 bits per heavy atom. The molecule has 124 valence electrons. The van der Waals surface area contributed by atoms with E-state index < -0.39 is 18.0 Å². The van der Waals surface area contributed by atoms with Gasteiger partial charge in [0.15, 0.2) is 0 Å². The second kappa shape index (κ2) is 7.40. The van der Waals surface area contributed by atoms with Crippen molar-refractivity contribution in [3.8, 4) is 0 Å². The summed E-state index contributed by atoms with van der Waals surface area (Å²) in [4.78, 5) is 28.0. The Labute approximate surface area is 144 Å². The van der Waals surface area contributed by atoms with Crippen molar-refractivity contribution in [2.45, 2.75) is 6.10 Å². The lowest BCUT2D eigenvalue weighted by molar-refractivity contribution is -0.150.